The van der Waals surface area contributed by atoms with Crippen LogP contribution in [0, 0.1) is 17.6 Å². The third kappa shape index (κ3) is 20.4. The molecule has 0 aliphatic carbocycles. The van der Waals surface area contributed by atoms with Crippen LogP contribution in [0.25, 0.3) is 22.4 Å². The Morgan fingerprint density at radius 2 is 1.45 bits per heavy atom. The third-order valence-corrected chi connectivity index (χ3v) is 10.6. The van der Waals surface area contributed by atoms with Gasteiger partial charge in [-0.15, -0.1) is 0 Å². The fourth-order valence-corrected chi connectivity index (χ4v) is 7.40. The fourth-order valence-electron chi connectivity index (χ4n) is 7.40. The molecule has 0 unspecified atom stereocenters. The Kier molecular flexibility index (Phi) is 21.7. The number of anilines is 3. The summed E-state index contributed by atoms with van der Waals surface area (Å²) in [7, 11) is 0. The number of guanidine groups is 1. The molecule has 0 bridgehead atoms. The van der Waals surface area contributed by atoms with Crippen LogP contribution in [-0.4, -0.2) is 116 Å². The molecule has 0 spiro atoms. The number of nitrogens with one attached hydrogen (secondary N) is 5. The van der Waals surface area contributed by atoms with Crippen molar-refractivity contribution >= 4 is 70.1 Å². The van der Waals surface area contributed by atoms with E-state index in [0.29, 0.717) is 22.3 Å². The van der Waals surface area contributed by atoms with Crippen molar-refractivity contribution in [1.82, 2.24) is 40.7 Å². The maximum absolute atomic E-state index is 15.3. The van der Waals surface area contributed by atoms with Crippen molar-refractivity contribution in [1.29, 1.82) is 0 Å². The van der Waals surface area contributed by atoms with Crippen LogP contribution in [0.2, 0.25) is 0 Å². The molecule has 0 saturated carbocycles. The van der Waals surface area contributed by atoms with E-state index in [1.54, 1.807) is 106 Å². The van der Waals surface area contributed by atoms with Crippen molar-refractivity contribution in [2.75, 3.05) is 37.0 Å². The number of esters is 2. The molecule has 80 heavy (non-hydrogen) atoms. The minimum atomic E-state index is -1.15. The first-order chi connectivity index (χ1) is 37.6. The summed E-state index contributed by atoms with van der Waals surface area (Å²) in [5, 5.41) is 18.5. The topological polar surface area (TPSA) is 287 Å². The molecule has 3 heterocycles. The summed E-state index contributed by atoms with van der Waals surface area (Å²) in [6.45, 7) is 19.3. The Morgan fingerprint density at radius 3 is 2.08 bits per heavy atom. The molecule has 432 valence electrons. The molecule has 2 atom stereocenters. The largest absolute Gasteiger partial charge is 0.494 e. The van der Waals surface area contributed by atoms with Gasteiger partial charge in [-0.3, -0.25) is 34.7 Å². The molecule has 0 aliphatic heterocycles. The third-order valence-electron chi connectivity index (χ3n) is 10.6. The second-order valence-corrected chi connectivity index (χ2v) is 21.2. The maximum Gasteiger partial charge on any atom is 0.414 e. The van der Waals surface area contributed by atoms with E-state index in [1.165, 1.54) is 30.9 Å². The number of pyridine rings is 1. The minimum Gasteiger partial charge on any atom is -0.494 e. The summed E-state index contributed by atoms with van der Waals surface area (Å²) in [6.07, 6.45) is 1.19. The first-order valence-corrected chi connectivity index (χ1v) is 25.9. The summed E-state index contributed by atoms with van der Waals surface area (Å²) in [5.74, 6) is -4.49. The van der Waals surface area contributed by atoms with E-state index >= 15 is 8.78 Å². The number of carbonyl (C=O) groups is 6. The van der Waals surface area contributed by atoms with Crippen molar-refractivity contribution in [3.05, 3.63) is 78.1 Å². The number of para-hydroxylation sites is 1. The molecule has 23 nitrogen and oxygen atoms in total. The lowest BCUT2D eigenvalue weighted by Gasteiger charge is -2.23. The predicted molar refractivity (Wildman–Crippen MR) is 292 cm³/mol. The van der Waals surface area contributed by atoms with Gasteiger partial charge in [-0.1, -0.05) is 18.2 Å². The Hall–Kier alpha value is -8.51. The van der Waals surface area contributed by atoms with Crippen molar-refractivity contribution in [2.24, 2.45) is 10.9 Å². The quantitative estimate of drug-likeness (QED) is 0.0142. The summed E-state index contributed by atoms with van der Waals surface area (Å²) in [4.78, 5) is 94.7. The number of benzene rings is 2. The predicted octanol–water partition coefficient (Wildman–Crippen LogP) is 8.67. The highest BCUT2D eigenvalue weighted by Crippen LogP contribution is 2.33. The first kappa shape index (κ1) is 62.3. The Labute approximate surface area is 462 Å². The number of fused-ring (bicyclic) bond motifs is 1. The summed E-state index contributed by atoms with van der Waals surface area (Å²) in [6, 6.07) is 11.4. The maximum atomic E-state index is 15.3. The Morgan fingerprint density at radius 1 is 0.800 bits per heavy atom. The lowest BCUT2D eigenvalue weighted by molar-refractivity contribution is -0.157. The molecular formula is C55H71F2N11O12. The van der Waals surface area contributed by atoms with Crippen molar-refractivity contribution in [3.8, 4) is 23.0 Å². The zero-order valence-corrected chi connectivity index (χ0v) is 47.1. The van der Waals surface area contributed by atoms with E-state index < -0.39 is 70.4 Å². The number of carbonyl (C=O) groups excluding carboxylic acids is 6. The van der Waals surface area contributed by atoms with E-state index in [1.807, 2.05) is 0 Å². The van der Waals surface area contributed by atoms with Crippen LogP contribution in [0.4, 0.5) is 35.7 Å². The lowest BCUT2D eigenvalue weighted by Crippen LogP contribution is -2.47. The second-order valence-electron chi connectivity index (χ2n) is 21.2. The second kappa shape index (κ2) is 27.9. The normalized spacial score (nSPS) is 12.3. The zero-order chi connectivity index (χ0) is 59.0. The number of amides is 4. The summed E-state index contributed by atoms with van der Waals surface area (Å²) < 4.78 is 65.0. The van der Waals surface area contributed by atoms with Crippen LogP contribution >= 0.6 is 0 Å². The Balaban J connectivity index is 1.26. The molecule has 5 rings (SSSR count). The van der Waals surface area contributed by atoms with Crippen LogP contribution < -0.4 is 36.1 Å². The van der Waals surface area contributed by atoms with Crippen LogP contribution in [-0.2, 0) is 44.7 Å². The van der Waals surface area contributed by atoms with E-state index in [4.69, 9.17) is 38.5 Å². The van der Waals surface area contributed by atoms with Gasteiger partial charge in [0.25, 0.3) is 0 Å². The van der Waals surface area contributed by atoms with E-state index in [9.17, 15) is 28.8 Å². The molecule has 5 N–H and O–H groups in total. The molecule has 25 heteroatoms. The van der Waals surface area contributed by atoms with Gasteiger partial charge in [0, 0.05) is 66.8 Å². The highest BCUT2D eigenvalue weighted by atomic mass is 19.1. The average Bonchev–Trinajstić information content (AvgIpc) is 3.70. The highest BCUT2D eigenvalue weighted by Gasteiger charge is 2.29. The van der Waals surface area contributed by atoms with Crippen LogP contribution in [0.5, 0.6) is 11.5 Å². The molecule has 5 aromatic rings. The molecule has 0 fully saturated rings. The molecule has 0 radical (unpaired) electrons. The highest BCUT2D eigenvalue weighted by molar-refractivity contribution is 6.01. The van der Waals surface area contributed by atoms with Gasteiger partial charge in [0.15, 0.2) is 17.4 Å². The number of aliphatic imine (C=N–C) groups is 1. The molecule has 3 aromatic heterocycles. The van der Waals surface area contributed by atoms with Gasteiger partial charge < -0.3 is 44.4 Å². The van der Waals surface area contributed by atoms with Gasteiger partial charge in [-0.25, -0.2) is 38.1 Å². The fraction of sp³-hybridized carbons (Fsp3) is 0.473. The van der Waals surface area contributed by atoms with E-state index in [0.717, 1.165) is 12.1 Å². The number of rotatable bonds is 22. The van der Waals surface area contributed by atoms with Gasteiger partial charge in [-0.2, -0.15) is 5.10 Å². The lowest BCUT2D eigenvalue weighted by atomic mass is 9.97. The van der Waals surface area contributed by atoms with Gasteiger partial charge in [0.05, 0.1) is 44.5 Å². The number of alkyl carbamates (subject to hydrolysis) is 2. The van der Waals surface area contributed by atoms with Crippen molar-refractivity contribution < 1.29 is 66.0 Å². The molecular weight excluding hydrogens is 1040 g/mol. The van der Waals surface area contributed by atoms with Crippen LogP contribution in [0.1, 0.15) is 114 Å². The minimum absolute atomic E-state index is 0.0155. The van der Waals surface area contributed by atoms with Gasteiger partial charge in [-0.05, 0) is 101 Å². The standard InChI is InChI=1S/C55H71F2N11O12/c1-13-75-36-28-39(56)38(40(57)29-36)31-68-41-20-15-14-19-37(41)45(67-68)47-60-30-42(46(64-47)63-35-21-23-58-43(27-35)62-33(3)69)76-24-17-25-77-49(72)32(2)61-48(71)34(26-44(70)78-53(4,5)6)18-16-22-59-50(65-51(73)79-54(7,8)9)66-52(74)80-55(10,11)12/h14-15,19-21,23,27-30,32,34H,13,16-18,22,24-26,31H2,1-12H3,(H,61,71)(H2,59,65,66,73,74)(H2,58,60,62,63,64,69)/t32-,34+/m0/s1. The SMILES string of the molecule is CCOc1cc(F)c(Cn2nc(-c3ncc(OCCCOC(=O)[C@H](C)NC(=O)[C@H](CCCN=C(NC(=O)OC(C)(C)C)NC(=O)OC(C)(C)C)CC(=O)OC(C)(C)C)c(Nc4ccnc(NC(C)=O)c4)n3)c3ccccc32)c(F)c1. The van der Waals surface area contributed by atoms with Gasteiger partial charge in [0.2, 0.25) is 17.8 Å². The van der Waals surface area contributed by atoms with E-state index in [2.05, 4.69) is 41.5 Å². The number of hydrogen-bond donors (Lipinski definition) is 5. The average molecular weight is 1120 g/mol. The molecule has 0 aliphatic rings. The number of halogens is 2. The number of ether oxygens (including phenoxy) is 6. The van der Waals surface area contributed by atoms with Crippen molar-refractivity contribution in [2.45, 2.75) is 138 Å². The smallest absolute Gasteiger partial charge is 0.414 e. The van der Waals surface area contributed by atoms with Crippen LogP contribution in [0.3, 0.4) is 0 Å². The number of hydrogen-bond acceptors (Lipinski definition) is 18. The Bertz CT molecular complexity index is 2990. The monoisotopic (exact) mass is 1120 g/mol. The molecule has 4 amide bonds. The molecule has 0 saturated heterocycles. The van der Waals surface area contributed by atoms with Crippen molar-refractivity contribution in [3.63, 3.8) is 0 Å². The van der Waals surface area contributed by atoms with E-state index in [-0.39, 0.29) is 105 Å². The summed E-state index contributed by atoms with van der Waals surface area (Å²) in [5.41, 5.74) is -1.49. The first-order valence-electron chi connectivity index (χ1n) is 25.9. The van der Waals surface area contributed by atoms with Gasteiger partial charge >= 0.3 is 24.1 Å². The number of nitrogens with zero attached hydrogens (tertiary/aromatic N) is 6. The summed E-state index contributed by atoms with van der Waals surface area (Å²) >= 11 is 0. The molecule has 2 aromatic carbocycles. The van der Waals surface area contributed by atoms with Gasteiger partial charge in [0.1, 0.15) is 51.7 Å². The van der Waals surface area contributed by atoms with Crippen LogP contribution in [0.15, 0.2) is 65.9 Å². The zero-order valence-electron chi connectivity index (χ0n) is 47.1. The number of aromatic nitrogens is 5.